The van der Waals surface area contributed by atoms with Gasteiger partial charge in [-0.25, -0.2) is 0 Å². The summed E-state index contributed by atoms with van der Waals surface area (Å²) >= 11 is 0. The Morgan fingerprint density at radius 2 is 1.82 bits per heavy atom. The van der Waals surface area contributed by atoms with Gasteiger partial charge in [-0.1, -0.05) is 13.8 Å². The van der Waals surface area contributed by atoms with E-state index in [-0.39, 0.29) is 6.29 Å². The third kappa shape index (κ3) is 4.23. The standard InChI is InChI=1S/C14H26O3/c1-11-4-5-13(10-12(11)2)15-9-6-14-16-7-3-8-17-14/h11-14H,3-10H2,1-2H3. The van der Waals surface area contributed by atoms with Gasteiger partial charge >= 0.3 is 0 Å². The molecule has 3 heteroatoms. The zero-order chi connectivity index (χ0) is 12.1. The summed E-state index contributed by atoms with van der Waals surface area (Å²) in [4.78, 5) is 0. The minimum absolute atomic E-state index is 0.0244. The molecule has 17 heavy (non-hydrogen) atoms. The Balaban J connectivity index is 1.58. The lowest BCUT2D eigenvalue weighted by molar-refractivity contribution is -0.188. The predicted molar refractivity (Wildman–Crippen MR) is 66.8 cm³/mol. The summed E-state index contributed by atoms with van der Waals surface area (Å²) in [6.07, 6.45) is 6.08. The van der Waals surface area contributed by atoms with Crippen LogP contribution in [0, 0.1) is 11.8 Å². The first-order valence-corrected chi connectivity index (χ1v) is 7.10. The summed E-state index contributed by atoms with van der Waals surface area (Å²) in [5.74, 6) is 1.66. The molecule has 0 spiro atoms. The van der Waals surface area contributed by atoms with Crippen LogP contribution in [0.15, 0.2) is 0 Å². The van der Waals surface area contributed by atoms with Gasteiger partial charge in [0, 0.05) is 6.42 Å². The van der Waals surface area contributed by atoms with Crippen LogP contribution in [0.25, 0.3) is 0 Å². The molecule has 1 saturated carbocycles. The lowest BCUT2D eigenvalue weighted by Crippen LogP contribution is -2.29. The van der Waals surface area contributed by atoms with Gasteiger partial charge in [-0.3, -0.25) is 0 Å². The molecule has 0 aromatic carbocycles. The molecule has 3 unspecified atom stereocenters. The maximum Gasteiger partial charge on any atom is 0.159 e. The summed E-state index contributed by atoms with van der Waals surface area (Å²) in [5, 5.41) is 0. The van der Waals surface area contributed by atoms with Crippen molar-refractivity contribution in [3.05, 3.63) is 0 Å². The maximum absolute atomic E-state index is 5.94. The van der Waals surface area contributed by atoms with Crippen molar-refractivity contribution in [3.63, 3.8) is 0 Å². The van der Waals surface area contributed by atoms with E-state index >= 15 is 0 Å². The molecule has 0 aromatic heterocycles. The van der Waals surface area contributed by atoms with Crippen LogP contribution in [0.4, 0.5) is 0 Å². The van der Waals surface area contributed by atoms with Gasteiger partial charge in [0.05, 0.1) is 25.9 Å². The van der Waals surface area contributed by atoms with E-state index in [2.05, 4.69) is 13.8 Å². The highest BCUT2D eigenvalue weighted by molar-refractivity contribution is 4.75. The fraction of sp³-hybridized carbons (Fsp3) is 1.00. The number of ether oxygens (including phenoxy) is 3. The molecule has 0 amide bonds. The summed E-state index contributed by atoms with van der Waals surface area (Å²) < 4.78 is 17.0. The average Bonchev–Trinajstić information content (AvgIpc) is 2.35. The first kappa shape index (κ1) is 13.3. The van der Waals surface area contributed by atoms with Gasteiger partial charge in [0.15, 0.2) is 6.29 Å². The Hall–Kier alpha value is -0.120. The van der Waals surface area contributed by atoms with Crippen LogP contribution < -0.4 is 0 Å². The summed E-state index contributed by atoms with van der Waals surface area (Å²) in [6.45, 7) is 7.14. The first-order chi connectivity index (χ1) is 8.25. The minimum atomic E-state index is -0.0244. The molecule has 1 saturated heterocycles. The van der Waals surface area contributed by atoms with Crippen LogP contribution in [0.5, 0.6) is 0 Å². The van der Waals surface area contributed by atoms with E-state index in [9.17, 15) is 0 Å². The van der Waals surface area contributed by atoms with Gasteiger partial charge in [-0.05, 0) is 37.5 Å². The fourth-order valence-corrected chi connectivity index (χ4v) is 2.68. The van der Waals surface area contributed by atoms with Crippen molar-refractivity contribution in [2.24, 2.45) is 11.8 Å². The molecule has 2 rings (SSSR count). The van der Waals surface area contributed by atoms with Crippen molar-refractivity contribution in [1.82, 2.24) is 0 Å². The van der Waals surface area contributed by atoms with Crippen molar-refractivity contribution in [1.29, 1.82) is 0 Å². The van der Waals surface area contributed by atoms with Crippen molar-refractivity contribution < 1.29 is 14.2 Å². The molecule has 2 aliphatic rings. The molecule has 1 aliphatic heterocycles. The van der Waals surface area contributed by atoms with E-state index in [1.54, 1.807) is 0 Å². The second-order valence-electron chi connectivity index (χ2n) is 5.57. The molecule has 0 bridgehead atoms. The second-order valence-corrected chi connectivity index (χ2v) is 5.57. The number of rotatable bonds is 4. The van der Waals surface area contributed by atoms with Crippen LogP contribution in [0.2, 0.25) is 0 Å². The van der Waals surface area contributed by atoms with Gasteiger partial charge in [0.25, 0.3) is 0 Å². The molecule has 3 atom stereocenters. The number of hydrogen-bond donors (Lipinski definition) is 0. The lowest BCUT2D eigenvalue weighted by atomic mass is 9.80. The highest BCUT2D eigenvalue weighted by atomic mass is 16.7. The van der Waals surface area contributed by atoms with E-state index in [1.807, 2.05) is 0 Å². The molecular weight excluding hydrogens is 216 g/mol. The summed E-state index contributed by atoms with van der Waals surface area (Å²) in [6, 6.07) is 0. The average molecular weight is 242 g/mol. The van der Waals surface area contributed by atoms with Crippen molar-refractivity contribution in [2.75, 3.05) is 19.8 Å². The smallest absolute Gasteiger partial charge is 0.159 e. The molecule has 100 valence electrons. The normalized spacial score (nSPS) is 36.0. The minimum Gasteiger partial charge on any atom is -0.378 e. The number of hydrogen-bond acceptors (Lipinski definition) is 3. The monoisotopic (exact) mass is 242 g/mol. The van der Waals surface area contributed by atoms with Crippen LogP contribution >= 0.6 is 0 Å². The molecule has 3 nitrogen and oxygen atoms in total. The summed E-state index contributed by atoms with van der Waals surface area (Å²) in [7, 11) is 0. The Morgan fingerprint density at radius 3 is 2.53 bits per heavy atom. The van der Waals surface area contributed by atoms with Crippen molar-refractivity contribution >= 4 is 0 Å². The summed E-state index contributed by atoms with van der Waals surface area (Å²) in [5.41, 5.74) is 0. The third-order valence-electron chi connectivity index (χ3n) is 4.15. The van der Waals surface area contributed by atoms with Crippen LogP contribution in [0.1, 0.15) is 46.0 Å². The molecule has 1 aliphatic carbocycles. The highest BCUT2D eigenvalue weighted by Crippen LogP contribution is 2.31. The lowest BCUT2D eigenvalue weighted by Gasteiger charge is -2.32. The van der Waals surface area contributed by atoms with E-state index in [0.29, 0.717) is 6.10 Å². The molecule has 2 fully saturated rings. The quantitative estimate of drug-likeness (QED) is 0.758. The van der Waals surface area contributed by atoms with Crippen molar-refractivity contribution in [2.45, 2.75) is 58.3 Å². The zero-order valence-corrected chi connectivity index (χ0v) is 11.2. The van der Waals surface area contributed by atoms with E-state index in [4.69, 9.17) is 14.2 Å². The van der Waals surface area contributed by atoms with Gasteiger partial charge in [-0.2, -0.15) is 0 Å². The van der Waals surface area contributed by atoms with Crippen LogP contribution in [-0.4, -0.2) is 32.2 Å². The van der Waals surface area contributed by atoms with Gasteiger partial charge in [0.2, 0.25) is 0 Å². The fourth-order valence-electron chi connectivity index (χ4n) is 2.68. The molecule has 0 N–H and O–H groups in total. The molecular formula is C14H26O3. The van der Waals surface area contributed by atoms with Gasteiger partial charge in [0.1, 0.15) is 0 Å². The first-order valence-electron chi connectivity index (χ1n) is 7.10. The highest BCUT2D eigenvalue weighted by Gasteiger charge is 2.25. The third-order valence-corrected chi connectivity index (χ3v) is 4.15. The van der Waals surface area contributed by atoms with E-state index < -0.39 is 0 Å². The largest absolute Gasteiger partial charge is 0.378 e. The van der Waals surface area contributed by atoms with Gasteiger partial charge in [-0.15, -0.1) is 0 Å². The Bertz CT molecular complexity index is 214. The Morgan fingerprint density at radius 1 is 1.06 bits per heavy atom. The van der Waals surface area contributed by atoms with Crippen LogP contribution in [0.3, 0.4) is 0 Å². The maximum atomic E-state index is 5.94. The van der Waals surface area contributed by atoms with Gasteiger partial charge < -0.3 is 14.2 Å². The molecule has 0 radical (unpaired) electrons. The topological polar surface area (TPSA) is 27.7 Å². The van der Waals surface area contributed by atoms with E-state index in [1.165, 1.54) is 19.3 Å². The Labute approximate surface area is 105 Å². The molecule has 0 aromatic rings. The predicted octanol–water partition coefficient (Wildman–Crippen LogP) is 2.98. The second kappa shape index (κ2) is 6.72. The van der Waals surface area contributed by atoms with E-state index in [0.717, 1.165) is 44.5 Å². The molecule has 1 heterocycles. The van der Waals surface area contributed by atoms with Crippen molar-refractivity contribution in [3.8, 4) is 0 Å². The Kier molecular flexibility index (Phi) is 5.26. The zero-order valence-electron chi connectivity index (χ0n) is 11.2. The van der Waals surface area contributed by atoms with Crippen LogP contribution in [-0.2, 0) is 14.2 Å². The SMILES string of the molecule is CC1CCC(OCCC2OCCCO2)CC1C.